The van der Waals surface area contributed by atoms with E-state index in [4.69, 9.17) is 4.99 Å². The van der Waals surface area contributed by atoms with E-state index >= 15 is 0 Å². The highest BCUT2D eigenvalue weighted by Gasteiger charge is 2.09. The van der Waals surface area contributed by atoms with Crippen molar-refractivity contribution < 1.29 is 0 Å². The second-order valence-corrected chi connectivity index (χ2v) is 4.23. The predicted molar refractivity (Wildman–Crippen MR) is 80.2 cm³/mol. The molecule has 0 amide bonds. The van der Waals surface area contributed by atoms with E-state index < -0.39 is 0 Å². The molecular formula is C17H13N3. The fraction of sp³-hybridized carbons (Fsp3) is 0. The van der Waals surface area contributed by atoms with Crippen LogP contribution in [0.4, 0.5) is 5.69 Å². The molecular weight excluding hydrogens is 246 g/mol. The number of nitrogens with zero attached hydrogens (tertiary/aromatic N) is 3. The third-order valence-electron chi connectivity index (χ3n) is 2.81. The summed E-state index contributed by atoms with van der Waals surface area (Å²) in [5.41, 5.74) is 3.29. The molecule has 0 bridgehead atoms. The Labute approximate surface area is 117 Å². The zero-order valence-electron chi connectivity index (χ0n) is 10.8. The maximum atomic E-state index is 4.69. The molecule has 2 aromatic heterocycles. The lowest BCUT2D eigenvalue weighted by molar-refractivity contribution is 1.24. The lowest BCUT2D eigenvalue weighted by Crippen LogP contribution is -2.07. The molecule has 3 rings (SSSR count). The van der Waals surface area contributed by atoms with Crippen LogP contribution in [0.25, 0.3) is 0 Å². The summed E-state index contributed by atoms with van der Waals surface area (Å²) in [5.74, 6) is 0. The molecule has 2 heterocycles. The van der Waals surface area contributed by atoms with Gasteiger partial charge in [-0.1, -0.05) is 30.3 Å². The molecule has 0 atom stereocenters. The van der Waals surface area contributed by atoms with Gasteiger partial charge in [0.05, 0.1) is 17.1 Å². The molecule has 0 aliphatic rings. The topological polar surface area (TPSA) is 38.1 Å². The van der Waals surface area contributed by atoms with Crippen molar-refractivity contribution in [3.63, 3.8) is 0 Å². The standard InChI is InChI=1S/C17H13N3/c1-2-8-14(9-3-1)20-17(15-10-4-6-12-18-15)16-11-5-7-13-19-16/h1-13H. The van der Waals surface area contributed by atoms with Crippen molar-refractivity contribution in [1.82, 2.24) is 9.97 Å². The molecule has 0 spiro atoms. The van der Waals surface area contributed by atoms with E-state index in [1.54, 1.807) is 12.4 Å². The highest BCUT2D eigenvalue weighted by atomic mass is 14.8. The van der Waals surface area contributed by atoms with Gasteiger partial charge in [-0.3, -0.25) is 9.97 Å². The Balaban J connectivity index is 2.12. The van der Waals surface area contributed by atoms with Gasteiger partial charge in [-0.25, -0.2) is 4.99 Å². The molecule has 3 heteroatoms. The maximum absolute atomic E-state index is 4.69. The number of hydrogen-bond donors (Lipinski definition) is 0. The van der Waals surface area contributed by atoms with Crippen molar-refractivity contribution in [1.29, 1.82) is 0 Å². The van der Waals surface area contributed by atoms with Crippen molar-refractivity contribution in [2.75, 3.05) is 0 Å². The van der Waals surface area contributed by atoms with Gasteiger partial charge in [-0.2, -0.15) is 0 Å². The second kappa shape index (κ2) is 5.89. The van der Waals surface area contributed by atoms with Gasteiger partial charge in [0.2, 0.25) is 0 Å². The van der Waals surface area contributed by atoms with Gasteiger partial charge in [-0.05, 0) is 36.4 Å². The predicted octanol–water partition coefficient (Wildman–Crippen LogP) is 3.65. The minimum Gasteiger partial charge on any atom is -0.255 e. The zero-order chi connectivity index (χ0) is 13.6. The maximum Gasteiger partial charge on any atom is 0.115 e. The Morgan fingerprint density at radius 2 is 1.20 bits per heavy atom. The third kappa shape index (κ3) is 2.78. The SMILES string of the molecule is c1ccc(N=C(c2ccccn2)c2ccccn2)cc1. The normalized spacial score (nSPS) is 10.0. The number of aromatic nitrogens is 2. The van der Waals surface area contributed by atoms with Gasteiger partial charge in [0, 0.05) is 12.4 Å². The summed E-state index contributed by atoms with van der Waals surface area (Å²) < 4.78 is 0. The van der Waals surface area contributed by atoms with Crippen molar-refractivity contribution in [3.05, 3.63) is 90.5 Å². The Morgan fingerprint density at radius 3 is 1.70 bits per heavy atom. The summed E-state index contributed by atoms with van der Waals surface area (Å²) in [6, 6.07) is 21.4. The third-order valence-corrected chi connectivity index (χ3v) is 2.81. The van der Waals surface area contributed by atoms with Gasteiger partial charge >= 0.3 is 0 Å². The average Bonchev–Trinajstić information content (AvgIpc) is 2.55. The van der Waals surface area contributed by atoms with Crippen LogP contribution in [0.5, 0.6) is 0 Å². The van der Waals surface area contributed by atoms with Crippen LogP contribution in [0, 0.1) is 0 Å². The first-order valence-corrected chi connectivity index (χ1v) is 6.40. The minimum absolute atomic E-state index is 0.775. The Morgan fingerprint density at radius 1 is 0.650 bits per heavy atom. The summed E-state index contributed by atoms with van der Waals surface area (Å²) in [6.45, 7) is 0. The number of rotatable bonds is 3. The molecule has 0 saturated heterocycles. The van der Waals surface area contributed by atoms with Crippen molar-refractivity contribution in [2.24, 2.45) is 4.99 Å². The summed E-state index contributed by atoms with van der Waals surface area (Å²) in [4.78, 5) is 13.5. The first-order chi connectivity index (χ1) is 9.93. The van der Waals surface area contributed by atoms with Gasteiger partial charge in [0.15, 0.2) is 0 Å². The molecule has 0 aliphatic heterocycles. The zero-order valence-corrected chi connectivity index (χ0v) is 10.8. The number of aliphatic imine (C=N–C) groups is 1. The number of para-hydroxylation sites is 1. The molecule has 0 unspecified atom stereocenters. The highest BCUT2D eigenvalue weighted by Crippen LogP contribution is 2.15. The molecule has 3 aromatic rings. The lowest BCUT2D eigenvalue weighted by atomic mass is 10.1. The number of hydrogen-bond acceptors (Lipinski definition) is 3. The Kier molecular flexibility index (Phi) is 3.60. The van der Waals surface area contributed by atoms with Crippen LogP contribution in [-0.4, -0.2) is 15.7 Å². The summed E-state index contributed by atoms with van der Waals surface area (Å²) in [7, 11) is 0. The Bertz CT molecular complexity index is 651. The number of benzene rings is 1. The molecule has 0 radical (unpaired) electrons. The fourth-order valence-electron chi connectivity index (χ4n) is 1.88. The minimum atomic E-state index is 0.775. The fourth-order valence-corrected chi connectivity index (χ4v) is 1.88. The van der Waals surface area contributed by atoms with Crippen LogP contribution in [-0.2, 0) is 0 Å². The largest absolute Gasteiger partial charge is 0.255 e. The quantitative estimate of drug-likeness (QED) is 0.673. The first kappa shape index (κ1) is 12.2. The van der Waals surface area contributed by atoms with E-state index in [1.807, 2.05) is 66.7 Å². The van der Waals surface area contributed by atoms with Crippen LogP contribution in [0.2, 0.25) is 0 Å². The summed E-state index contributed by atoms with van der Waals surface area (Å²) in [5, 5.41) is 0. The molecule has 20 heavy (non-hydrogen) atoms. The van der Waals surface area contributed by atoms with E-state index in [9.17, 15) is 0 Å². The molecule has 0 fully saturated rings. The van der Waals surface area contributed by atoms with E-state index in [0.29, 0.717) is 0 Å². The van der Waals surface area contributed by atoms with Crippen LogP contribution < -0.4 is 0 Å². The molecule has 3 nitrogen and oxygen atoms in total. The monoisotopic (exact) mass is 259 g/mol. The van der Waals surface area contributed by atoms with E-state index in [2.05, 4.69) is 9.97 Å². The first-order valence-electron chi connectivity index (χ1n) is 6.40. The summed E-state index contributed by atoms with van der Waals surface area (Å²) in [6.07, 6.45) is 3.53. The van der Waals surface area contributed by atoms with E-state index in [1.165, 1.54) is 0 Å². The van der Waals surface area contributed by atoms with E-state index in [-0.39, 0.29) is 0 Å². The molecule has 1 aromatic carbocycles. The smallest absolute Gasteiger partial charge is 0.115 e. The van der Waals surface area contributed by atoms with Crippen molar-refractivity contribution in [2.45, 2.75) is 0 Å². The van der Waals surface area contributed by atoms with Crippen LogP contribution in [0.1, 0.15) is 11.4 Å². The summed E-state index contributed by atoms with van der Waals surface area (Å²) >= 11 is 0. The number of pyridine rings is 2. The molecule has 0 aliphatic carbocycles. The van der Waals surface area contributed by atoms with Gasteiger partial charge in [0.25, 0.3) is 0 Å². The molecule has 0 saturated carbocycles. The molecule has 0 N–H and O–H groups in total. The van der Waals surface area contributed by atoms with Crippen LogP contribution in [0.3, 0.4) is 0 Å². The average molecular weight is 259 g/mol. The Hall–Kier alpha value is -2.81. The second-order valence-electron chi connectivity index (χ2n) is 4.23. The van der Waals surface area contributed by atoms with E-state index in [0.717, 1.165) is 22.8 Å². The van der Waals surface area contributed by atoms with Crippen LogP contribution >= 0.6 is 0 Å². The van der Waals surface area contributed by atoms with Gasteiger partial charge in [-0.15, -0.1) is 0 Å². The lowest BCUT2D eigenvalue weighted by Gasteiger charge is -2.05. The molecule has 96 valence electrons. The van der Waals surface area contributed by atoms with Crippen molar-refractivity contribution >= 4 is 11.4 Å². The van der Waals surface area contributed by atoms with Crippen molar-refractivity contribution in [3.8, 4) is 0 Å². The van der Waals surface area contributed by atoms with Gasteiger partial charge in [0.1, 0.15) is 5.71 Å². The van der Waals surface area contributed by atoms with Gasteiger partial charge < -0.3 is 0 Å². The highest BCUT2D eigenvalue weighted by molar-refractivity contribution is 6.11. The van der Waals surface area contributed by atoms with Crippen LogP contribution in [0.15, 0.2) is 84.1 Å².